The zero-order valence-corrected chi connectivity index (χ0v) is 12.2. The van der Waals surface area contributed by atoms with Gasteiger partial charge in [0.1, 0.15) is 5.75 Å². The molecule has 0 amide bonds. The summed E-state index contributed by atoms with van der Waals surface area (Å²) < 4.78 is 7.69. The molecule has 2 aromatic rings. The molecule has 102 valence electrons. The van der Waals surface area contributed by atoms with E-state index < -0.39 is 0 Å². The standard InChI is InChI=1S/C16H22N2O/c1-11-7-12(19-4)8-13-14(9-18(3)15(11)13)16(5-6-16)10-17-2/h7-9,17H,5-6,10H2,1-4H3. The molecule has 1 aromatic heterocycles. The van der Waals surface area contributed by atoms with Crippen LogP contribution in [0.1, 0.15) is 24.0 Å². The van der Waals surface area contributed by atoms with Gasteiger partial charge in [0.05, 0.1) is 12.6 Å². The van der Waals surface area contributed by atoms with Gasteiger partial charge in [-0.1, -0.05) is 0 Å². The number of likely N-dealkylation sites (N-methyl/N-ethyl adjacent to an activating group) is 1. The summed E-state index contributed by atoms with van der Waals surface area (Å²) in [4.78, 5) is 0. The van der Waals surface area contributed by atoms with E-state index in [9.17, 15) is 0 Å². The molecule has 1 heterocycles. The Balaban J connectivity index is 2.23. The lowest BCUT2D eigenvalue weighted by Gasteiger charge is -2.14. The van der Waals surface area contributed by atoms with Crippen molar-refractivity contribution in [2.75, 3.05) is 20.7 Å². The average Bonchev–Trinajstić information content (AvgIpc) is 3.08. The molecule has 0 saturated heterocycles. The lowest BCUT2D eigenvalue weighted by molar-refractivity contribution is 0.415. The summed E-state index contributed by atoms with van der Waals surface area (Å²) in [6.07, 6.45) is 4.87. The number of nitrogens with one attached hydrogen (secondary N) is 1. The van der Waals surface area contributed by atoms with Crippen LogP contribution in [0.4, 0.5) is 0 Å². The SMILES string of the molecule is CNCC1(c2cn(C)c3c(C)cc(OC)cc23)CC1. The number of hydrogen-bond donors (Lipinski definition) is 1. The Bertz CT molecular complexity index is 623. The van der Waals surface area contributed by atoms with Gasteiger partial charge in [-0.2, -0.15) is 0 Å². The number of methoxy groups -OCH3 is 1. The minimum atomic E-state index is 0.340. The molecule has 3 heteroatoms. The van der Waals surface area contributed by atoms with Crippen molar-refractivity contribution in [3.63, 3.8) is 0 Å². The zero-order valence-electron chi connectivity index (χ0n) is 12.2. The first-order valence-corrected chi connectivity index (χ1v) is 6.90. The van der Waals surface area contributed by atoms with Crippen LogP contribution in [-0.4, -0.2) is 25.3 Å². The van der Waals surface area contributed by atoms with Crippen LogP contribution in [0.5, 0.6) is 5.75 Å². The minimum Gasteiger partial charge on any atom is -0.497 e. The highest BCUT2D eigenvalue weighted by Gasteiger charge is 2.45. The number of nitrogens with zero attached hydrogens (tertiary/aromatic N) is 1. The summed E-state index contributed by atoms with van der Waals surface area (Å²) in [6, 6.07) is 4.30. The van der Waals surface area contributed by atoms with Crippen LogP contribution >= 0.6 is 0 Å². The fourth-order valence-electron chi connectivity index (χ4n) is 3.32. The molecular weight excluding hydrogens is 236 g/mol. The highest BCUT2D eigenvalue weighted by atomic mass is 16.5. The lowest BCUT2D eigenvalue weighted by Crippen LogP contribution is -2.23. The number of aromatic nitrogens is 1. The van der Waals surface area contributed by atoms with Crippen LogP contribution < -0.4 is 10.1 Å². The molecule has 1 saturated carbocycles. The van der Waals surface area contributed by atoms with Gasteiger partial charge in [0.15, 0.2) is 0 Å². The second-order valence-corrected chi connectivity index (χ2v) is 5.80. The van der Waals surface area contributed by atoms with Crippen molar-refractivity contribution in [2.45, 2.75) is 25.2 Å². The van der Waals surface area contributed by atoms with Crippen molar-refractivity contribution in [1.29, 1.82) is 0 Å². The van der Waals surface area contributed by atoms with Gasteiger partial charge in [0.2, 0.25) is 0 Å². The maximum Gasteiger partial charge on any atom is 0.119 e. The van der Waals surface area contributed by atoms with Gasteiger partial charge in [-0.25, -0.2) is 0 Å². The molecule has 3 nitrogen and oxygen atoms in total. The van der Waals surface area contributed by atoms with Crippen LogP contribution in [0.2, 0.25) is 0 Å². The van der Waals surface area contributed by atoms with Crippen molar-refractivity contribution >= 4 is 10.9 Å². The van der Waals surface area contributed by atoms with E-state index >= 15 is 0 Å². The van der Waals surface area contributed by atoms with Crippen molar-refractivity contribution in [3.8, 4) is 5.75 Å². The fraction of sp³-hybridized carbons (Fsp3) is 0.500. The van der Waals surface area contributed by atoms with Crippen molar-refractivity contribution in [3.05, 3.63) is 29.5 Å². The van der Waals surface area contributed by atoms with E-state index in [1.54, 1.807) is 7.11 Å². The summed E-state index contributed by atoms with van der Waals surface area (Å²) in [5.74, 6) is 0.956. The van der Waals surface area contributed by atoms with E-state index in [2.05, 4.69) is 42.2 Å². The first-order valence-electron chi connectivity index (χ1n) is 6.90. The molecule has 0 bridgehead atoms. The fourth-order valence-corrected chi connectivity index (χ4v) is 3.32. The van der Waals surface area contributed by atoms with E-state index in [-0.39, 0.29) is 0 Å². The van der Waals surface area contributed by atoms with Crippen LogP contribution in [-0.2, 0) is 12.5 Å². The minimum absolute atomic E-state index is 0.340. The molecule has 0 radical (unpaired) electrons. The van der Waals surface area contributed by atoms with Gasteiger partial charge in [-0.15, -0.1) is 0 Å². The molecule has 0 atom stereocenters. The Labute approximate surface area is 114 Å². The summed E-state index contributed by atoms with van der Waals surface area (Å²) in [5, 5.41) is 4.70. The van der Waals surface area contributed by atoms with E-state index in [1.165, 1.54) is 34.9 Å². The Morgan fingerprint density at radius 1 is 1.37 bits per heavy atom. The number of hydrogen-bond acceptors (Lipinski definition) is 2. The number of ether oxygens (including phenoxy) is 1. The first-order chi connectivity index (χ1) is 9.11. The van der Waals surface area contributed by atoms with Gasteiger partial charge in [0, 0.05) is 30.6 Å². The summed E-state index contributed by atoms with van der Waals surface area (Å²) >= 11 is 0. The van der Waals surface area contributed by atoms with Gasteiger partial charge in [-0.05, 0) is 50.1 Å². The maximum absolute atomic E-state index is 5.44. The Kier molecular flexibility index (Phi) is 2.82. The van der Waals surface area contributed by atoms with E-state index in [0.29, 0.717) is 5.41 Å². The maximum atomic E-state index is 5.44. The van der Waals surface area contributed by atoms with Crippen LogP contribution in [0.15, 0.2) is 18.3 Å². The summed E-state index contributed by atoms with van der Waals surface area (Å²) in [5.41, 5.74) is 4.43. The molecule has 0 spiro atoms. The third-order valence-corrected chi connectivity index (χ3v) is 4.42. The lowest BCUT2D eigenvalue weighted by atomic mass is 9.94. The largest absolute Gasteiger partial charge is 0.497 e. The van der Waals surface area contributed by atoms with E-state index in [4.69, 9.17) is 4.74 Å². The Morgan fingerprint density at radius 3 is 2.68 bits per heavy atom. The molecule has 0 aliphatic heterocycles. The molecule has 0 unspecified atom stereocenters. The van der Waals surface area contributed by atoms with Crippen molar-refractivity contribution in [2.24, 2.45) is 7.05 Å². The Morgan fingerprint density at radius 2 is 2.11 bits per heavy atom. The van der Waals surface area contributed by atoms with Crippen LogP contribution in [0.3, 0.4) is 0 Å². The molecule has 1 aromatic carbocycles. The number of benzene rings is 1. The predicted octanol–water partition coefficient (Wildman–Crippen LogP) is 2.75. The van der Waals surface area contributed by atoms with Crippen molar-refractivity contribution in [1.82, 2.24) is 9.88 Å². The van der Waals surface area contributed by atoms with E-state index in [0.717, 1.165) is 12.3 Å². The predicted molar refractivity (Wildman–Crippen MR) is 79.0 cm³/mol. The average molecular weight is 258 g/mol. The monoisotopic (exact) mass is 258 g/mol. The molecular formula is C16H22N2O. The molecule has 3 rings (SSSR count). The molecule has 1 fully saturated rings. The molecule has 1 aliphatic carbocycles. The summed E-state index contributed by atoms with van der Waals surface area (Å²) in [7, 11) is 5.92. The van der Waals surface area contributed by atoms with Crippen LogP contribution in [0, 0.1) is 6.92 Å². The first kappa shape index (κ1) is 12.5. The third-order valence-electron chi connectivity index (χ3n) is 4.42. The van der Waals surface area contributed by atoms with Gasteiger partial charge in [0.25, 0.3) is 0 Å². The molecule has 1 aliphatic rings. The van der Waals surface area contributed by atoms with Gasteiger partial charge < -0.3 is 14.6 Å². The topological polar surface area (TPSA) is 26.2 Å². The quantitative estimate of drug-likeness (QED) is 0.912. The number of fused-ring (bicyclic) bond motifs is 1. The smallest absolute Gasteiger partial charge is 0.119 e. The zero-order chi connectivity index (χ0) is 13.6. The number of aryl methyl sites for hydroxylation is 2. The highest BCUT2D eigenvalue weighted by Crippen LogP contribution is 2.50. The second-order valence-electron chi connectivity index (χ2n) is 5.80. The summed E-state index contributed by atoms with van der Waals surface area (Å²) in [6.45, 7) is 3.22. The Hall–Kier alpha value is -1.48. The van der Waals surface area contributed by atoms with Gasteiger partial charge in [-0.3, -0.25) is 0 Å². The second kappa shape index (κ2) is 4.27. The highest BCUT2D eigenvalue weighted by molar-refractivity contribution is 5.89. The third kappa shape index (κ3) is 1.84. The van der Waals surface area contributed by atoms with Crippen LogP contribution in [0.25, 0.3) is 10.9 Å². The normalized spacial score (nSPS) is 16.8. The molecule has 1 N–H and O–H groups in total. The van der Waals surface area contributed by atoms with Gasteiger partial charge >= 0.3 is 0 Å². The van der Waals surface area contributed by atoms with E-state index in [1.807, 2.05) is 7.05 Å². The number of rotatable bonds is 4. The van der Waals surface area contributed by atoms with Crippen molar-refractivity contribution < 1.29 is 4.74 Å². The molecule has 19 heavy (non-hydrogen) atoms.